The third kappa shape index (κ3) is 2.91. The monoisotopic (exact) mass is 272 g/mol. The second-order valence-corrected chi connectivity index (χ2v) is 6.59. The highest BCUT2D eigenvalue weighted by molar-refractivity contribution is 7.85. The quantitative estimate of drug-likeness (QED) is 0.771. The molecule has 1 unspecified atom stereocenters. The van der Waals surface area contributed by atoms with E-state index in [1.54, 1.807) is 0 Å². The summed E-state index contributed by atoms with van der Waals surface area (Å²) in [5.74, 6) is 1.33. The van der Waals surface area contributed by atoms with Crippen LogP contribution in [0.5, 0.6) is 0 Å². The van der Waals surface area contributed by atoms with Gasteiger partial charge in [0.15, 0.2) is 0 Å². The molecular weight excluding hydrogens is 252 g/mol. The average Bonchev–Trinajstić information content (AvgIpc) is 2.51. The lowest BCUT2D eigenvalue weighted by Gasteiger charge is -2.34. The van der Waals surface area contributed by atoms with Gasteiger partial charge in [-0.1, -0.05) is 6.92 Å². The number of hydrogen-bond donors (Lipinski definition) is 1. The number of carbonyl (C=O) groups is 2. The molecule has 0 aromatic heterocycles. The normalized spacial score (nSPS) is 34.1. The van der Waals surface area contributed by atoms with E-state index in [1.165, 1.54) is 0 Å². The molecule has 0 aliphatic carbocycles. The van der Waals surface area contributed by atoms with Crippen LogP contribution in [0.3, 0.4) is 0 Å². The van der Waals surface area contributed by atoms with Gasteiger partial charge in [-0.05, 0) is 19.3 Å². The SMILES string of the molecule is CCC1NC(=O)CCN(C2CCS(=O)CC2)C1=O. The summed E-state index contributed by atoms with van der Waals surface area (Å²) in [6.07, 6.45) is 2.59. The number of nitrogens with one attached hydrogen (secondary N) is 1. The first-order valence-corrected chi connectivity index (χ1v) is 8.05. The topological polar surface area (TPSA) is 66.5 Å². The van der Waals surface area contributed by atoms with E-state index >= 15 is 0 Å². The zero-order valence-electron chi connectivity index (χ0n) is 10.7. The number of rotatable bonds is 2. The highest BCUT2D eigenvalue weighted by atomic mass is 32.2. The fourth-order valence-electron chi connectivity index (χ4n) is 2.59. The summed E-state index contributed by atoms with van der Waals surface area (Å²) < 4.78 is 11.4. The number of nitrogens with zero attached hydrogens (tertiary/aromatic N) is 1. The molecule has 6 heteroatoms. The van der Waals surface area contributed by atoms with Crippen molar-refractivity contribution in [1.82, 2.24) is 10.2 Å². The molecular formula is C12H20N2O3S. The van der Waals surface area contributed by atoms with Crippen molar-refractivity contribution in [1.29, 1.82) is 0 Å². The molecule has 102 valence electrons. The molecule has 18 heavy (non-hydrogen) atoms. The number of carbonyl (C=O) groups excluding carboxylic acids is 2. The molecule has 5 nitrogen and oxygen atoms in total. The van der Waals surface area contributed by atoms with Crippen LogP contribution in [0.1, 0.15) is 32.6 Å². The van der Waals surface area contributed by atoms with E-state index in [0.29, 0.717) is 30.9 Å². The summed E-state index contributed by atoms with van der Waals surface area (Å²) in [6, 6.07) is -0.218. The highest BCUT2D eigenvalue weighted by Crippen LogP contribution is 2.19. The first kappa shape index (κ1) is 13.5. The highest BCUT2D eigenvalue weighted by Gasteiger charge is 2.34. The van der Waals surface area contributed by atoms with Gasteiger partial charge in [0.05, 0.1) is 0 Å². The second-order valence-electron chi connectivity index (χ2n) is 4.89. The third-order valence-electron chi connectivity index (χ3n) is 3.70. The first-order chi connectivity index (χ1) is 8.61. The molecule has 0 bridgehead atoms. The summed E-state index contributed by atoms with van der Waals surface area (Å²) in [5.41, 5.74) is 0. The predicted molar refractivity (Wildman–Crippen MR) is 69.5 cm³/mol. The van der Waals surface area contributed by atoms with Gasteiger partial charge >= 0.3 is 0 Å². The van der Waals surface area contributed by atoms with Crippen molar-refractivity contribution in [3.05, 3.63) is 0 Å². The van der Waals surface area contributed by atoms with Crippen LogP contribution in [0.25, 0.3) is 0 Å². The van der Waals surface area contributed by atoms with Crippen molar-refractivity contribution in [3.8, 4) is 0 Å². The van der Waals surface area contributed by atoms with E-state index in [-0.39, 0.29) is 23.9 Å². The molecule has 0 spiro atoms. The van der Waals surface area contributed by atoms with E-state index in [0.717, 1.165) is 12.8 Å². The molecule has 0 aromatic carbocycles. The summed E-state index contributed by atoms with van der Waals surface area (Å²) in [7, 11) is -0.719. The number of amides is 2. The summed E-state index contributed by atoms with van der Waals surface area (Å²) in [4.78, 5) is 25.7. The fraction of sp³-hybridized carbons (Fsp3) is 0.833. The molecule has 2 amide bonds. The maximum Gasteiger partial charge on any atom is 0.245 e. The van der Waals surface area contributed by atoms with Crippen LogP contribution in [0.4, 0.5) is 0 Å². The molecule has 2 saturated heterocycles. The zero-order valence-corrected chi connectivity index (χ0v) is 11.5. The van der Waals surface area contributed by atoms with Gasteiger partial charge in [0.1, 0.15) is 6.04 Å². The van der Waals surface area contributed by atoms with Crippen LogP contribution in [0.2, 0.25) is 0 Å². The Morgan fingerprint density at radius 3 is 2.61 bits per heavy atom. The van der Waals surface area contributed by atoms with Gasteiger partial charge < -0.3 is 10.2 Å². The Hall–Kier alpha value is -0.910. The van der Waals surface area contributed by atoms with E-state index in [4.69, 9.17) is 0 Å². The van der Waals surface area contributed by atoms with Crippen LogP contribution in [0.15, 0.2) is 0 Å². The molecule has 2 rings (SSSR count). The van der Waals surface area contributed by atoms with E-state index in [9.17, 15) is 13.8 Å². The van der Waals surface area contributed by atoms with E-state index in [1.807, 2.05) is 11.8 Å². The van der Waals surface area contributed by atoms with Crippen molar-refractivity contribution in [2.24, 2.45) is 0 Å². The zero-order chi connectivity index (χ0) is 13.1. The first-order valence-electron chi connectivity index (χ1n) is 6.56. The van der Waals surface area contributed by atoms with Gasteiger partial charge in [-0.15, -0.1) is 0 Å². The molecule has 1 atom stereocenters. The summed E-state index contributed by atoms with van der Waals surface area (Å²) in [6.45, 7) is 2.40. The Morgan fingerprint density at radius 2 is 2.00 bits per heavy atom. The Balaban J connectivity index is 2.08. The lowest BCUT2D eigenvalue weighted by molar-refractivity contribution is -0.135. The summed E-state index contributed by atoms with van der Waals surface area (Å²) in [5, 5.41) is 2.77. The van der Waals surface area contributed by atoms with Gasteiger partial charge in [-0.25, -0.2) is 0 Å². The molecule has 0 radical (unpaired) electrons. The molecule has 2 aliphatic rings. The maximum absolute atomic E-state index is 12.3. The average molecular weight is 272 g/mol. The summed E-state index contributed by atoms with van der Waals surface area (Å²) >= 11 is 0. The van der Waals surface area contributed by atoms with Gasteiger partial charge in [-0.2, -0.15) is 0 Å². The maximum atomic E-state index is 12.3. The minimum absolute atomic E-state index is 0.0287. The van der Waals surface area contributed by atoms with Crippen molar-refractivity contribution < 1.29 is 13.8 Å². The second kappa shape index (κ2) is 5.82. The van der Waals surface area contributed by atoms with E-state index < -0.39 is 10.8 Å². The van der Waals surface area contributed by atoms with Crippen molar-refractivity contribution in [2.75, 3.05) is 18.1 Å². The van der Waals surface area contributed by atoms with Crippen LogP contribution < -0.4 is 5.32 Å². The Labute approximate surface area is 110 Å². The smallest absolute Gasteiger partial charge is 0.245 e. The molecule has 0 aromatic rings. The van der Waals surface area contributed by atoms with Crippen molar-refractivity contribution in [3.63, 3.8) is 0 Å². The lowest BCUT2D eigenvalue weighted by atomic mass is 10.1. The van der Waals surface area contributed by atoms with Gasteiger partial charge in [0.25, 0.3) is 0 Å². The predicted octanol–water partition coefficient (Wildman–Crippen LogP) is 0.0246. The molecule has 2 aliphatic heterocycles. The Morgan fingerprint density at radius 1 is 1.33 bits per heavy atom. The third-order valence-corrected chi connectivity index (χ3v) is 5.08. The van der Waals surface area contributed by atoms with Crippen LogP contribution in [-0.4, -0.2) is 51.1 Å². The minimum atomic E-state index is -0.719. The fourth-order valence-corrected chi connectivity index (χ4v) is 3.87. The lowest BCUT2D eigenvalue weighted by Crippen LogP contribution is -2.49. The van der Waals surface area contributed by atoms with Gasteiger partial charge in [-0.3, -0.25) is 13.8 Å². The Bertz CT molecular complexity index is 362. The standard InChI is InChI=1S/C12H20N2O3S/c1-2-10-12(16)14(6-3-11(15)13-10)9-4-7-18(17)8-5-9/h9-10H,2-8H2,1H3,(H,13,15). The molecule has 2 fully saturated rings. The molecule has 2 heterocycles. The van der Waals surface area contributed by atoms with Crippen LogP contribution >= 0.6 is 0 Å². The van der Waals surface area contributed by atoms with Gasteiger partial charge in [0.2, 0.25) is 11.8 Å². The van der Waals surface area contributed by atoms with Crippen LogP contribution in [-0.2, 0) is 20.4 Å². The van der Waals surface area contributed by atoms with Crippen molar-refractivity contribution in [2.45, 2.75) is 44.7 Å². The largest absolute Gasteiger partial charge is 0.344 e. The number of hydrogen-bond acceptors (Lipinski definition) is 3. The minimum Gasteiger partial charge on any atom is -0.344 e. The van der Waals surface area contributed by atoms with Crippen LogP contribution in [0, 0.1) is 0 Å². The van der Waals surface area contributed by atoms with E-state index in [2.05, 4.69) is 5.32 Å². The van der Waals surface area contributed by atoms with Gasteiger partial charge in [0, 0.05) is 41.3 Å². The Kier molecular flexibility index (Phi) is 4.37. The molecule has 1 N–H and O–H groups in total. The molecule has 0 saturated carbocycles. The van der Waals surface area contributed by atoms with Crippen molar-refractivity contribution >= 4 is 22.6 Å².